The average molecular weight is 400 g/mol. The number of halogens is 5. The Labute approximate surface area is 150 Å². The van der Waals surface area contributed by atoms with Crippen LogP contribution in [0, 0.1) is 0 Å². The summed E-state index contributed by atoms with van der Waals surface area (Å²) in [5.74, 6) is -1.03. The third-order valence-corrected chi connectivity index (χ3v) is 5.15. The van der Waals surface area contributed by atoms with Crippen molar-refractivity contribution in [1.29, 1.82) is 0 Å². The summed E-state index contributed by atoms with van der Waals surface area (Å²) in [6, 6.07) is 1.49. The van der Waals surface area contributed by atoms with Crippen LogP contribution in [0.4, 0.5) is 5.69 Å². The minimum absolute atomic E-state index is 0.0116. The smallest absolute Gasteiger partial charge is 0.307 e. The number of aliphatic carboxylic acids is 1. The van der Waals surface area contributed by atoms with E-state index in [0.717, 1.165) is 0 Å². The minimum atomic E-state index is -1.03. The quantitative estimate of drug-likeness (QED) is 0.547. The molecule has 0 saturated heterocycles. The highest BCUT2D eigenvalue weighted by molar-refractivity contribution is 6.56. The van der Waals surface area contributed by atoms with Crippen LogP contribution in [-0.4, -0.2) is 16.1 Å². The first-order chi connectivity index (χ1) is 10.3. The van der Waals surface area contributed by atoms with E-state index < -0.39 is 5.97 Å². The summed E-state index contributed by atoms with van der Waals surface area (Å²) >= 11 is 30.3. The number of carboxylic acid groups (broad SMARTS) is 1. The molecular formula is C13H7Cl5N2O2. The lowest BCUT2D eigenvalue weighted by molar-refractivity contribution is -0.136. The lowest BCUT2D eigenvalue weighted by Gasteiger charge is -2.15. The zero-order chi connectivity index (χ0) is 16.6. The number of pyridine rings is 1. The summed E-state index contributed by atoms with van der Waals surface area (Å²) in [5.41, 5.74) is 6.86. The van der Waals surface area contributed by atoms with Gasteiger partial charge in [0, 0.05) is 11.8 Å². The summed E-state index contributed by atoms with van der Waals surface area (Å²) in [4.78, 5) is 15.0. The van der Waals surface area contributed by atoms with Crippen molar-refractivity contribution in [2.45, 2.75) is 6.42 Å². The molecule has 0 aliphatic rings. The van der Waals surface area contributed by atoms with Crippen LogP contribution in [0.25, 0.3) is 11.3 Å². The SMILES string of the molecule is Nc1c(CC(=O)O)ccnc1-c1c(Cl)c(Cl)c(Cl)c(Cl)c1Cl. The monoisotopic (exact) mass is 398 g/mol. The van der Waals surface area contributed by atoms with E-state index in [-0.39, 0.29) is 48.5 Å². The fourth-order valence-corrected chi connectivity index (χ4v) is 3.16. The minimum Gasteiger partial charge on any atom is -0.481 e. The first kappa shape index (κ1) is 17.4. The van der Waals surface area contributed by atoms with Crippen LogP contribution in [-0.2, 0) is 11.2 Å². The van der Waals surface area contributed by atoms with Crippen molar-refractivity contribution in [2.24, 2.45) is 0 Å². The Morgan fingerprint density at radius 2 is 1.55 bits per heavy atom. The van der Waals surface area contributed by atoms with Gasteiger partial charge >= 0.3 is 5.97 Å². The van der Waals surface area contributed by atoms with Crippen molar-refractivity contribution in [1.82, 2.24) is 4.98 Å². The van der Waals surface area contributed by atoms with Crippen LogP contribution in [0.1, 0.15) is 5.56 Å². The third-order valence-electron chi connectivity index (χ3n) is 2.87. The van der Waals surface area contributed by atoms with E-state index in [4.69, 9.17) is 68.8 Å². The molecule has 0 saturated carbocycles. The molecule has 1 heterocycles. The molecular weight excluding hydrogens is 393 g/mol. The van der Waals surface area contributed by atoms with Gasteiger partial charge in [-0.1, -0.05) is 58.0 Å². The molecule has 22 heavy (non-hydrogen) atoms. The van der Waals surface area contributed by atoms with E-state index in [1.165, 1.54) is 12.3 Å². The highest BCUT2D eigenvalue weighted by Gasteiger charge is 2.23. The Kier molecular flexibility index (Phi) is 5.30. The fourth-order valence-electron chi connectivity index (χ4n) is 1.84. The maximum absolute atomic E-state index is 10.9. The summed E-state index contributed by atoms with van der Waals surface area (Å²) < 4.78 is 0. The van der Waals surface area contributed by atoms with E-state index in [1.54, 1.807) is 0 Å². The third kappa shape index (κ3) is 3.07. The number of nitrogen functional groups attached to an aromatic ring is 1. The van der Waals surface area contributed by atoms with Crippen molar-refractivity contribution >= 4 is 69.7 Å². The topological polar surface area (TPSA) is 76.2 Å². The van der Waals surface area contributed by atoms with Gasteiger partial charge in [-0.25, -0.2) is 0 Å². The van der Waals surface area contributed by atoms with Crippen LogP contribution in [0.3, 0.4) is 0 Å². The number of carboxylic acids is 1. The molecule has 1 aromatic carbocycles. The maximum atomic E-state index is 10.9. The molecule has 0 fully saturated rings. The second-order valence-corrected chi connectivity index (χ2v) is 6.14. The second kappa shape index (κ2) is 6.69. The maximum Gasteiger partial charge on any atom is 0.307 e. The van der Waals surface area contributed by atoms with Gasteiger partial charge in [0.05, 0.1) is 42.9 Å². The lowest BCUT2D eigenvalue weighted by atomic mass is 10.0. The van der Waals surface area contributed by atoms with E-state index in [1.807, 2.05) is 0 Å². The van der Waals surface area contributed by atoms with Gasteiger partial charge in [-0.3, -0.25) is 9.78 Å². The number of aromatic nitrogens is 1. The molecule has 0 aliphatic heterocycles. The van der Waals surface area contributed by atoms with Gasteiger partial charge in [-0.15, -0.1) is 0 Å². The number of nitrogens with zero attached hydrogens (tertiary/aromatic N) is 1. The largest absolute Gasteiger partial charge is 0.481 e. The van der Waals surface area contributed by atoms with E-state index in [2.05, 4.69) is 4.98 Å². The first-order valence-corrected chi connectivity index (χ1v) is 7.61. The standard InChI is InChI=1S/C13H7Cl5N2O2/c14-7-6(8(15)10(17)11(18)9(7)16)13-12(19)4(1-2-20-13)3-5(21)22/h1-2H,3,19H2,(H,21,22). The van der Waals surface area contributed by atoms with Gasteiger partial charge < -0.3 is 10.8 Å². The zero-order valence-corrected chi connectivity index (χ0v) is 14.4. The number of nitrogens with two attached hydrogens (primary N) is 1. The Balaban J connectivity index is 2.76. The van der Waals surface area contributed by atoms with E-state index in [9.17, 15) is 4.79 Å². The second-order valence-electron chi connectivity index (χ2n) is 4.25. The van der Waals surface area contributed by atoms with Gasteiger partial charge in [0.1, 0.15) is 0 Å². The van der Waals surface area contributed by atoms with Crippen molar-refractivity contribution < 1.29 is 9.90 Å². The summed E-state index contributed by atoms with van der Waals surface area (Å²) in [5, 5.41) is 9.01. The molecule has 0 atom stereocenters. The van der Waals surface area contributed by atoms with Crippen LogP contribution in [0.15, 0.2) is 12.3 Å². The number of anilines is 1. The van der Waals surface area contributed by atoms with Crippen LogP contribution in [0.2, 0.25) is 25.1 Å². The van der Waals surface area contributed by atoms with Crippen LogP contribution in [0.5, 0.6) is 0 Å². The summed E-state index contributed by atoms with van der Waals surface area (Å²) in [6.07, 6.45) is 1.12. The molecule has 4 nitrogen and oxygen atoms in total. The van der Waals surface area contributed by atoms with Gasteiger partial charge in [-0.2, -0.15) is 0 Å². The number of hydrogen-bond acceptors (Lipinski definition) is 3. The number of hydrogen-bond donors (Lipinski definition) is 2. The predicted octanol–water partition coefficient (Wildman–Crippen LogP) is 5.22. The molecule has 9 heteroatoms. The highest BCUT2D eigenvalue weighted by Crippen LogP contribution is 2.48. The van der Waals surface area contributed by atoms with Gasteiger partial charge in [-0.05, 0) is 11.6 Å². The summed E-state index contributed by atoms with van der Waals surface area (Å²) in [7, 11) is 0. The van der Waals surface area contributed by atoms with Crippen molar-refractivity contribution in [2.75, 3.05) is 5.73 Å². The molecule has 0 spiro atoms. The van der Waals surface area contributed by atoms with E-state index in [0.29, 0.717) is 5.56 Å². The zero-order valence-electron chi connectivity index (χ0n) is 10.6. The molecule has 0 radical (unpaired) electrons. The molecule has 0 amide bonds. The highest BCUT2D eigenvalue weighted by atomic mass is 35.5. The molecule has 0 bridgehead atoms. The average Bonchev–Trinajstić information content (AvgIpc) is 2.46. The van der Waals surface area contributed by atoms with Gasteiger partial charge in [0.2, 0.25) is 0 Å². The van der Waals surface area contributed by atoms with Crippen LogP contribution >= 0.6 is 58.0 Å². The normalized spacial score (nSPS) is 10.8. The van der Waals surface area contributed by atoms with Crippen LogP contribution < -0.4 is 5.73 Å². The number of benzene rings is 1. The molecule has 0 unspecified atom stereocenters. The number of rotatable bonds is 3. The predicted molar refractivity (Wildman–Crippen MR) is 90.5 cm³/mol. The molecule has 3 N–H and O–H groups in total. The fraction of sp³-hybridized carbons (Fsp3) is 0.0769. The van der Waals surface area contributed by atoms with E-state index >= 15 is 0 Å². The van der Waals surface area contributed by atoms with Crippen molar-refractivity contribution in [3.8, 4) is 11.3 Å². The van der Waals surface area contributed by atoms with Crippen molar-refractivity contribution in [3.63, 3.8) is 0 Å². The first-order valence-electron chi connectivity index (χ1n) is 5.72. The lowest BCUT2D eigenvalue weighted by Crippen LogP contribution is -2.06. The van der Waals surface area contributed by atoms with Gasteiger partial charge in [0.15, 0.2) is 0 Å². The Hall–Kier alpha value is -0.910. The molecule has 116 valence electrons. The summed E-state index contributed by atoms with van der Waals surface area (Å²) in [6.45, 7) is 0. The Morgan fingerprint density at radius 1 is 1.05 bits per heavy atom. The Morgan fingerprint density at radius 3 is 2.05 bits per heavy atom. The molecule has 1 aromatic heterocycles. The van der Waals surface area contributed by atoms with Gasteiger partial charge in [0.25, 0.3) is 0 Å². The number of carbonyl (C=O) groups is 1. The molecule has 0 aliphatic carbocycles. The molecule has 2 aromatic rings. The van der Waals surface area contributed by atoms with Crippen molar-refractivity contribution in [3.05, 3.63) is 42.9 Å². The molecule has 2 rings (SSSR count). The Bertz CT molecular complexity index is 751.